The number of unbranched alkanes of at least 4 members (excludes halogenated alkanes) is 2. The zero-order valence-corrected chi connectivity index (χ0v) is 17.3. The van der Waals surface area contributed by atoms with Crippen molar-refractivity contribution >= 4 is 5.97 Å². The zero-order chi connectivity index (χ0) is 20.6. The van der Waals surface area contributed by atoms with E-state index in [-0.39, 0.29) is 5.92 Å². The highest BCUT2D eigenvalue weighted by Crippen LogP contribution is 2.33. The molecule has 0 bridgehead atoms. The van der Waals surface area contributed by atoms with Gasteiger partial charge in [-0.25, -0.2) is 4.98 Å². The molecule has 1 heterocycles. The van der Waals surface area contributed by atoms with Crippen molar-refractivity contribution in [1.29, 1.82) is 0 Å². The van der Waals surface area contributed by atoms with Crippen LogP contribution in [0.3, 0.4) is 0 Å². The first-order valence-electron chi connectivity index (χ1n) is 10.5. The van der Waals surface area contributed by atoms with E-state index in [0.29, 0.717) is 6.42 Å². The van der Waals surface area contributed by atoms with Crippen molar-refractivity contribution in [1.82, 2.24) is 9.55 Å². The summed E-state index contributed by atoms with van der Waals surface area (Å²) in [6.07, 6.45) is 4.45. The molecule has 0 radical (unpaired) electrons. The van der Waals surface area contributed by atoms with E-state index in [9.17, 15) is 9.90 Å². The molecule has 0 amide bonds. The predicted molar refractivity (Wildman–Crippen MR) is 118 cm³/mol. The molecule has 4 nitrogen and oxygen atoms in total. The highest BCUT2D eigenvalue weighted by atomic mass is 16.4. The van der Waals surface area contributed by atoms with Crippen LogP contribution in [0.4, 0.5) is 0 Å². The standard InChI is InChI=1S/C25H30N2O2/c1-3-20(25(28)29)13-11-6-12-18-27-19(2)26-23(21-14-7-4-8-15-21)24(27)22-16-9-5-10-17-22/h4-5,7-10,14-17,20H,3,6,11-13,18H2,1-2H3,(H,28,29). The van der Waals surface area contributed by atoms with Gasteiger partial charge in [0.1, 0.15) is 5.82 Å². The van der Waals surface area contributed by atoms with Crippen LogP contribution in [0.1, 0.15) is 44.9 Å². The number of carboxylic acid groups (broad SMARTS) is 1. The monoisotopic (exact) mass is 390 g/mol. The Morgan fingerprint density at radius 2 is 1.59 bits per heavy atom. The number of aromatic nitrogens is 2. The number of hydrogen-bond donors (Lipinski definition) is 1. The van der Waals surface area contributed by atoms with Gasteiger partial charge >= 0.3 is 5.97 Å². The van der Waals surface area contributed by atoms with Crippen LogP contribution in [0.5, 0.6) is 0 Å². The molecular formula is C25H30N2O2. The molecule has 0 fully saturated rings. The minimum atomic E-state index is -0.670. The molecule has 1 atom stereocenters. The van der Waals surface area contributed by atoms with Crippen molar-refractivity contribution in [3.63, 3.8) is 0 Å². The van der Waals surface area contributed by atoms with Crippen LogP contribution in [-0.2, 0) is 11.3 Å². The Balaban J connectivity index is 1.78. The third kappa shape index (κ3) is 5.14. The van der Waals surface area contributed by atoms with Gasteiger partial charge in [0.2, 0.25) is 0 Å². The first kappa shape index (κ1) is 20.8. The van der Waals surface area contributed by atoms with Gasteiger partial charge in [-0.2, -0.15) is 0 Å². The summed E-state index contributed by atoms with van der Waals surface area (Å²) in [6.45, 7) is 4.90. The number of carboxylic acids is 1. The molecule has 0 saturated carbocycles. The average Bonchev–Trinajstić information content (AvgIpc) is 3.08. The smallest absolute Gasteiger partial charge is 0.306 e. The van der Waals surface area contributed by atoms with E-state index < -0.39 is 5.97 Å². The number of carbonyl (C=O) groups is 1. The summed E-state index contributed by atoms with van der Waals surface area (Å²) >= 11 is 0. The molecule has 29 heavy (non-hydrogen) atoms. The van der Waals surface area contributed by atoms with Crippen molar-refractivity contribution in [2.45, 2.75) is 52.5 Å². The van der Waals surface area contributed by atoms with Crippen molar-refractivity contribution in [2.24, 2.45) is 5.92 Å². The highest BCUT2D eigenvalue weighted by molar-refractivity contribution is 5.79. The summed E-state index contributed by atoms with van der Waals surface area (Å²) in [7, 11) is 0. The predicted octanol–water partition coefficient (Wildman–Crippen LogP) is 6.20. The summed E-state index contributed by atoms with van der Waals surface area (Å²) in [6, 6.07) is 20.8. The number of hydrogen-bond acceptors (Lipinski definition) is 2. The fraction of sp³-hybridized carbons (Fsp3) is 0.360. The molecule has 1 aromatic heterocycles. The van der Waals surface area contributed by atoms with Crippen LogP contribution < -0.4 is 0 Å². The molecule has 3 aromatic rings. The molecule has 0 aliphatic carbocycles. The maximum absolute atomic E-state index is 11.2. The topological polar surface area (TPSA) is 55.1 Å². The molecule has 0 saturated heterocycles. The Labute approximate surface area is 173 Å². The fourth-order valence-corrected chi connectivity index (χ4v) is 3.86. The number of aliphatic carboxylic acids is 1. The average molecular weight is 391 g/mol. The van der Waals surface area contributed by atoms with Crippen LogP contribution in [-0.4, -0.2) is 20.6 Å². The summed E-state index contributed by atoms with van der Waals surface area (Å²) in [5.74, 6) is 0.131. The van der Waals surface area contributed by atoms with E-state index >= 15 is 0 Å². The molecule has 152 valence electrons. The van der Waals surface area contributed by atoms with Gasteiger partial charge in [-0.05, 0) is 26.2 Å². The molecule has 1 N–H and O–H groups in total. The Hall–Kier alpha value is -2.88. The Morgan fingerprint density at radius 3 is 2.17 bits per heavy atom. The zero-order valence-electron chi connectivity index (χ0n) is 17.3. The summed E-state index contributed by atoms with van der Waals surface area (Å²) in [5, 5.41) is 9.21. The summed E-state index contributed by atoms with van der Waals surface area (Å²) < 4.78 is 2.31. The Morgan fingerprint density at radius 1 is 0.966 bits per heavy atom. The number of imidazole rings is 1. The lowest BCUT2D eigenvalue weighted by Crippen LogP contribution is -2.12. The van der Waals surface area contributed by atoms with Gasteiger partial charge in [0.05, 0.1) is 17.3 Å². The second-order valence-corrected chi connectivity index (χ2v) is 7.53. The van der Waals surface area contributed by atoms with Gasteiger partial charge in [-0.1, -0.05) is 80.4 Å². The second kappa shape index (κ2) is 10.1. The first-order chi connectivity index (χ1) is 14.1. The van der Waals surface area contributed by atoms with Crippen LogP contribution in [0, 0.1) is 12.8 Å². The second-order valence-electron chi connectivity index (χ2n) is 7.53. The van der Waals surface area contributed by atoms with E-state index in [2.05, 4.69) is 47.9 Å². The van der Waals surface area contributed by atoms with E-state index in [1.807, 2.05) is 31.2 Å². The highest BCUT2D eigenvalue weighted by Gasteiger charge is 2.18. The van der Waals surface area contributed by atoms with E-state index in [4.69, 9.17) is 4.98 Å². The summed E-state index contributed by atoms with van der Waals surface area (Å²) in [4.78, 5) is 16.1. The Kier molecular flexibility index (Phi) is 7.23. The fourth-order valence-electron chi connectivity index (χ4n) is 3.86. The van der Waals surface area contributed by atoms with Gasteiger partial charge in [-0.3, -0.25) is 4.79 Å². The SMILES string of the molecule is CCC(CCCCCn1c(C)nc(-c2ccccc2)c1-c1ccccc1)C(=O)O. The van der Waals surface area contributed by atoms with Crippen LogP contribution >= 0.6 is 0 Å². The number of nitrogens with zero attached hydrogens (tertiary/aromatic N) is 2. The van der Waals surface area contributed by atoms with Crippen LogP contribution in [0.25, 0.3) is 22.5 Å². The number of benzene rings is 2. The molecule has 2 aromatic carbocycles. The van der Waals surface area contributed by atoms with Gasteiger partial charge in [-0.15, -0.1) is 0 Å². The maximum Gasteiger partial charge on any atom is 0.306 e. The number of rotatable bonds is 10. The Bertz CT molecular complexity index is 917. The van der Waals surface area contributed by atoms with E-state index in [1.165, 1.54) is 5.56 Å². The van der Waals surface area contributed by atoms with E-state index in [0.717, 1.165) is 55.0 Å². The molecule has 0 aliphatic heterocycles. The lowest BCUT2D eigenvalue weighted by atomic mass is 9.99. The van der Waals surface area contributed by atoms with Crippen LogP contribution in [0.15, 0.2) is 60.7 Å². The van der Waals surface area contributed by atoms with Gasteiger partial charge in [0, 0.05) is 17.7 Å². The molecular weight excluding hydrogens is 360 g/mol. The third-order valence-corrected chi connectivity index (χ3v) is 5.53. The molecule has 4 heteroatoms. The van der Waals surface area contributed by atoms with Crippen molar-refractivity contribution in [3.05, 3.63) is 66.5 Å². The molecule has 1 unspecified atom stereocenters. The normalized spacial score (nSPS) is 12.1. The lowest BCUT2D eigenvalue weighted by Gasteiger charge is -2.13. The molecule has 0 spiro atoms. The van der Waals surface area contributed by atoms with E-state index in [1.54, 1.807) is 0 Å². The molecule has 0 aliphatic rings. The van der Waals surface area contributed by atoms with Crippen molar-refractivity contribution in [3.8, 4) is 22.5 Å². The molecule has 3 rings (SSSR count). The first-order valence-corrected chi connectivity index (χ1v) is 10.5. The van der Waals surface area contributed by atoms with Crippen molar-refractivity contribution in [2.75, 3.05) is 0 Å². The van der Waals surface area contributed by atoms with Gasteiger partial charge in [0.15, 0.2) is 0 Å². The largest absolute Gasteiger partial charge is 0.481 e. The quantitative estimate of drug-likeness (QED) is 0.420. The minimum absolute atomic E-state index is 0.213. The van der Waals surface area contributed by atoms with Gasteiger partial charge in [0.25, 0.3) is 0 Å². The van der Waals surface area contributed by atoms with Crippen molar-refractivity contribution < 1.29 is 9.90 Å². The number of aryl methyl sites for hydroxylation is 1. The summed E-state index contributed by atoms with van der Waals surface area (Å²) in [5.41, 5.74) is 4.47. The minimum Gasteiger partial charge on any atom is -0.481 e. The third-order valence-electron chi connectivity index (χ3n) is 5.53. The maximum atomic E-state index is 11.2. The lowest BCUT2D eigenvalue weighted by molar-refractivity contribution is -0.142. The van der Waals surface area contributed by atoms with Gasteiger partial charge < -0.3 is 9.67 Å². The van der Waals surface area contributed by atoms with Crippen LogP contribution in [0.2, 0.25) is 0 Å².